The molecule has 2 aromatic heterocycles. The maximum Gasteiger partial charge on any atom is 0.153 e. The van der Waals surface area contributed by atoms with Crippen molar-refractivity contribution in [3.05, 3.63) is 90.4 Å². The first-order valence-corrected chi connectivity index (χ1v) is 13.5. The predicted molar refractivity (Wildman–Crippen MR) is 152 cm³/mol. The van der Waals surface area contributed by atoms with E-state index in [1.165, 1.54) is 12.8 Å². The molecule has 0 radical (unpaired) electrons. The number of hydrogen-bond donors (Lipinski definition) is 0. The van der Waals surface area contributed by atoms with Gasteiger partial charge in [-0.1, -0.05) is 81.4 Å². The van der Waals surface area contributed by atoms with Crippen molar-refractivity contribution < 1.29 is 4.42 Å². The highest BCUT2D eigenvalue weighted by atomic mass is 16.3. The van der Waals surface area contributed by atoms with E-state index in [0.29, 0.717) is 34.8 Å². The number of likely N-dealkylation sites (tertiary alicyclic amines) is 1. The van der Waals surface area contributed by atoms with Crippen LogP contribution in [0.15, 0.2) is 88.5 Å². The molecular formula is C33H34N4O. The van der Waals surface area contributed by atoms with Crippen LogP contribution in [0, 0.1) is 22.2 Å². The van der Waals surface area contributed by atoms with E-state index in [9.17, 15) is 5.26 Å². The lowest BCUT2D eigenvalue weighted by Gasteiger charge is -2.39. The van der Waals surface area contributed by atoms with Gasteiger partial charge < -0.3 is 13.9 Å². The van der Waals surface area contributed by atoms with E-state index in [-0.39, 0.29) is 0 Å². The molecule has 0 spiro atoms. The zero-order chi connectivity index (χ0) is 26.3. The fourth-order valence-electron chi connectivity index (χ4n) is 7.11. The van der Waals surface area contributed by atoms with Crippen molar-refractivity contribution in [3.8, 4) is 28.5 Å². The van der Waals surface area contributed by atoms with Crippen LogP contribution in [0.1, 0.15) is 51.4 Å². The van der Waals surface area contributed by atoms with Crippen molar-refractivity contribution in [3.63, 3.8) is 0 Å². The molecule has 0 unspecified atom stereocenters. The lowest BCUT2D eigenvalue weighted by Crippen LogP contribution is -2.34. The van der Waals surface area contributed by atoms with Crippen LogP contribution in [0.25, 0.3) is 22.4 Å². The van der Waals surface area contributed by atoms with Crippen LogP contribution >= 0.6 is 0 Å². The molecule has 5 heteroatoms. The second kappa shape index (κ2) is 9.36. The van der Waals surface area contributed by atoms with Crippen molar-refractivity contribution in [1.82, 2.24) is 9.47 Å². The lowest BCUT2D eigenvalue weighted by atomic mass is 9.65. The number of fused-ring (bicyclic) bond motifs is 2. The predicted octanol–water partition coefficient (Wildman–Crippen LogP) is 7.90. The van der Waals surface area contributed by atoms with Crippen molar-refractivity contribution >= 4 is 12.2 Å². The first-order chi connectivity index (χ1) is 18.4. The quantitative estimate of drug-likeness (QED) is 0.199. The van der Waals surface area contributed by atoms with Crippen LogP contribution in [0.4, 0.5) is 5.82 Å². The maximum absolute atomic E-state index is 10.5. The van der Waals surface area contributed by atoms with Crippen LogP contribution in [0.2, 0.25) is 0 Å². The number of hydrogen-bond acceptors (Lipinski definition) is 3. The Kier molecular flexibility index (Phi) is 5.99. The molecule has 1 aliphatic carbocycles. The van der Waals surface area contributed by atoms with Crippen LogP contribution in [0.5, 0.6) is 0 Å². The summed E-state index contributed by atoms with van der Waals surface area (Å²) in [5.41, 5.74) is 5.16. The van der Waals surface area contributed by atoms with Crippen molar-refractivity contribution in [2.24, 2.45) is 15.8 Å². The van der Waals surface area contributed by atoms with Gasteiger partial charge in [0.15, 0.2) is 5.82 Å². The molecule has 3 heterocycles. The van der Waals surface area contributed by atoms with E-state index in [4.69, 9.17) is 9.41 Å². The third kappa shape index (κ3) is 4.45. The summed E-state index contributed by atoms with van der Waals surface area (Å²) in [7, 11) is 0. The second-order valence-corrected chi connectivity index (χ2v) is 12.1. The summed E-state index contributed by atoms with van der Waals surface area (Å²) >= 11 is 0. The summed E-state index contributed by atoms with van der Waals surface area (Å²) in [5, 5.41) is 10.5. The highest BCUT2D eigenvalue weighted by Crippen LogP contribution is 2.52. The zero-order valence-corrected chi connectivity index (χ0v) is 22.4. The number of nitrogens with zero attached hydrogens (tertiary/aromatic N) is 4. The number of aromatic nitrogens is 1. The van der Waals surface area contributed by atoms with Gasteiger partial charge in [-0.2, -0.15) is 5.26 Å². The molecule has 2 bridgehead atoms. The van der Waals surface area contributed by atoms with Gasteiger partial charge in [-0.15, -0.1) is 0 Å². The Morgan fingerprint density at radius 1 is 0.974 bits per heavy atom. The Morgan fingerprint density at radius 3 is 2.34 bits per heavy atom. The monoisotopic (exact) mass is 502 g/mol. The third-order valence-electron chi connectivity index (χ3n) is 8.14. The van der Waals surface area contributed by atoms with Crippen molar-refractivity contribution in [2.75, 3.05) is 6.54 Å². The van der Waals surface area contributed by atoms with Crippen LogP contribution in [0.3, 0.4) is 0 Å². The van der Waals surface area contributed by atoms with E-state index in [0.717, 1.165) is 41.1 Å². The Balaban J connectivity index is 1.53. The average molecular weight is 503 g/mol. The molecule has 2 fully saturated rings. The third-order valence-corrected chi connectivity index (χ3v) is 8.14. The average Bonchev–Trinajstić information content (AvgIpc) is 3.58. The Hall–Kier alpha value is -4.04. The van der Waals surface area contributed by atoms with Crippen LogP contribution in [-0.4, -0.2) is 28.4 Å². The first-order valence-electron chi connectivity index (χ1n) is 13.5. The molecule has 1 saturated heterocycles. The van der Waals surface area contributed by atoms with E-state index in [1.807, 2.05) is 54.9 Å². The summed E-state index contributed by atoms with van der Waals surface area (Å²) in [6.07, 6.45) is 7.30. The van der Waals surface area contributed by atoms with Gasteiger partial charge in [-0.25, -0.2) is 4.99 Å². The number of rotatable bonds is 6. The minimum atomic E-state index is 0.303. The number of benzene rings is 2. The largest absolute Gasteiger partial charge is 0.467 e. The van der Waals surface area contributed by atoms with Crippen molar-refractivity contribution in [1.29, 1.82) is 5.26 Å². The van der Waals surface area contributed by atoms with Gasteiger partial charge in [0.2, 0.25) is 0 Å². The normalized spacial score (nSPS) is 22.2. The van der Waals surface area contributed by atoms with Gasteiger partial charge in [0.05, 0.1) is 24.8 Å². The van der Waals surface area contributed by atoms with Gasteiger partial charge >= 0.3 is 0 Å². The molecule has 1 saturated carbocycles. The molecule has 2 aromatic carbocycles. The molecule has 0 amide bonds. The van der Waals surface area contributed by atoms with E-state index < -0.39 is 0 Å². The SMILES string of the molecule is CC1(C)C[C@@H]2C[C@](C)(CN2C=Nc2c(C#N)c(-c3ccccc3)c(-c3ccccc3)n2Cc2ccco2)C1. The number of furan rings is 1. The second-order valence-electron chi connectivity index (χ2n) is 12.1. The maximum atomic E-state index is 10.5. The van der Waals surface area contributed by atoms with Crippen LogP contribution < -0.4 is 0 Å². The number of nitriles is 1. The topological polar surface area (TPSA) is 57.5 Å². The first kappa shape index (κ1) is 24.3. The highest BCUT2D eigenvalue weighted by molar-refractivity contribution is 5.91. The molecule has 6 rings (SSSR count). The summed E-state index contributed by atoms with van der Waals surface area (Å²) in [6.45, 7) is 8.68. The summed E-state index contributed by atoms with van der Waals surface area (Å²) in [5.74, 6) is 1.50. The highest BCUT2D eigenvalue weighted by Gasteiger charge is 2.49. The molecule has 2 aliphatic rings. The molecule has 192 valence electrons. The fraction of sp³-hybridized carbons (Fsp3) is 0.333. The molecule has 2 atom stereocenters. The van der Waals surface area contributed by atoms with E-state index in [2.05, 4.69) is 60.6 Å². The summed E-state index contributed by atoms with van der Waals surface area (Å²) < 4.78 is 7.93. The Labute approximate surface area is 225 Å². The summed E-state index contributed by atoms with van der Waals surface area (Å²) in [4.78, 5) is 7.53. The van der Waals surface area contributed by atoms with E-state index in [1.54, 1.807) is 6.26 Å². The van der Waals surface area contributed by atoms with Gasteiger partial charge in [-0.05, 0) is 53.4 Å². The molecule has 1 aliphatic heterocycles. The van der Waals surface area contributed by atoms with Gasteiger partial charge in [0, 0.05) is 18.2 Å². The molecule has 38 heavy (non-hydrogen) atoms. The summed E-state index contributed by atoms with van der Waals surface area (Å²) in [6, 6.07) is 27.4. The minimum absolute atomic E-state index is 0.303. The van der Waals surface area contributed by atoms with Gasteiger partial charge in [0.1, 0.15) is 17.4 Å². The molecule has 4 aromatic rings. The van der Waals surface area contributed by atoms with E-state index >= 15 is 0 Å². The molecule has 5 nitrogen and oxygen atoms in total. The van der Waals surface area contributed by atoms with Gasteiger partial charge in [0.25, 0.3) is 0 Å². The lowest BCUT2D eigenvalue weighted by molar-refractivity contribution is 0.133. The standard InChI is InChI=1S/C33H34N4O/c1-32(2)17-26-18-33(3,21-32)22-36(26)23-35-31-28(19-34)29(24-11-6-4-7-12-24)30(25-13-8-5-9-14-25)37(31)20-27-15-10-16-38-27/h4-16,23,26H,17-18,20-22H2,1-3H3/t26-,33+/m1/s1. The minimum Gasteiger partial charge on any atom is -0.467 e. The number of aliphatic imine (C=N–C) groups is 1. The molecular weight excluding hydrogens is 468 g/mol. The fourth-order valence-corrected chi connectivity index (χ4v) is 7.11. The van der Waals surface area contributed by atoms with Crippen LogP contribution in [-0.2, 0) is 6.54 Å². The molecule has 0 N–H and O–H groups in total. The van der Waals surface area contributed by atoms with Crippen molar-refractivity contribution in [2.45, 2.75) is 52.6 Å². The van der Waals surface area contributed by atoms with Gasteiger partial charge in [-0.3, -0.25) is 0 Å². The zero-order valence-electron chi connectivity index (χ0n) is 22.4. The Morgan fingerprint density at radius 2 is 1.68 bits per heavy atom. The smallest absolute Gasteiger partial charge is 0.153 e. The Bertz CT molecular complexity index is 1490.